The van der Waals surface area contributed by atoms with Crippen LogP contribution in [0.4, 0.5) is 5.69 Å². The van der Waals surface area contributed by atoms with Crippen molar-refractivity contribution in [1.82, 2.24) is 9.88 Å². The van der Waals surface area contributed by atoms with Gasteiger partial charge in [-0.2, -0.15) is 0 Å². The van der Waals surface area contributed by atoms with E-state index in [1.165, 1.54) is 5.69 Å². The molecule has 0 aliphatic rings. The van der Waals surface area contributed by atoms with Gasteiger partial charge in [0.15, 0.2) is 0 Å². The molecule has 106 valence electrons. The maximum absolute atomic E-state index is 11.0. The van der Waals surface area contributed by atoms with Crippen molar-refractivity contribution in [2.75, 3.05) is 7.05 Å². The summed E-state index contributed by atoms with van der Waals surface area (Å²) in [4.78, 5) is 10.7. The SMILES string of the molecule is CNC(C)c1cccn1CCc1ccccc1[N+](=O)[O-]. The number of hydrogen-bond acceptors (Lipinski definition) is 3. The zero-order chi connectivity index (χ0) is 14.5. The van der Waals surface area contributed by atoms with Gasteiger partial charge in [0.05, 0.1) is 4.92 Å². The first-order chi connectivity index (χ1) is 9.63. The number of nitro benzene ring substituents is 1. The summed E-state index contributed by atoms with van der Waals surface area (Å²) in [6, 6.07) is 11.3. The highest BCUT2D eigenvalue weighted by Crippen LogP contribution is 2.20. The van der Waals surface area contributed by atoms with E-state index >= 15 is 0 Å². The Hall–Kier alpha value is -2.14. The molecule has 1 aromatic carbocycles. The molecule has 1 aromatic heterocycles. The molecule has 5 nitrogen and oxygen atoms in total. The number of aryl methyl sites for hydroxylation is 2. The van der Waals surface area contributed by atoms with Crippen LogP contribution < -0.4 is 5.32 Å². The molecule has 5 heteroatoms. The van der Waals surface area contributed by atoms with Gasteiger partial charge in [-0.25, -0.2) is 0 Å². The Morgan fingerprint density at radius 2 is 2.05 bits per heavy atom. The third-order valence-electron chi connectivity index (χ3n) is 3.55. The molecule has 20 heavy (non-hydrogen) atoms. The minimum Gasteiger partial charge on any atom is -0.350 e. The van der Waals surface area contributed by atoms with E-state index in [4.69, 9.17) is 0 Å². The minimum atomic E-state index is -0.317. The highest BCUT2D eigenvalue weighted by molar-refractivity contribution is 5.39. The number of benzene rings is 1. The first kappa shape index (κ1) is 14.3. The molecular weight excluding hydrogens is 254 g/mol. The summed E-state index contributed by atoms with van der Waals surface area (Å²) in [6.45, 7) is 2.83. The molecule has 0 bridgehead atoms. The van der Waals surface area contributed by atoms with Crippen molar-refractivity contribution < 1.29 is 4.92 Å². The molecule has 0 spiro atoms. The monoisotopic (exact) mass is 273 g/mol. The third kappa shape index (κ3) is 3.05. The molecule has 0 aliphatic carbocycles. The second-order valence-electron chi connectivity index (χ2n) is 4.77. The summed E-state index contributed by atoms with van der Waals surface area (Å²) in [6.07, 6.45) is 2.66. The lowest BCUT2D eigenvalue weighted by Gasteiger charge is -2.15. The average molecular weight is 273 g/mol. The summed E-state index contributed by atoms with van der Waals surface area (Å²) < 4.78 is 2.14. The largest absolute Gasteiger partial charge is 0.350 e. The first-order valence-electron chi connectivity index (χ1n) is 6.68. The topological polar surface area (TPSA) is 60.1 Å². The van der Waals surface area contributed by atoms with Crippen molar-refractivity contribution in [3.05, 3.63) is 64.0 Å². The Morgan fingerprint density at radius 3 is 2.75 bits per heavy atom. The number of aromatic nitrogens is 1. The Bertz CT molecular complexity index is 592. The van der Waals surface area contributed by atoms with Gasteiger partial charge >= 0.3 is 0 Å². The van der Waals surface area contributed by atoms with E-state index in [0.29, 0.717) is 6.42 Å². The first-order valence-corrected chi connectivity index (χ1v) is 6.68. The lowest BCUT2D eigenvalue weighted by atomic mass is 10.1. The summed E-state index contributed by atoms with van der Waals surface area (Å²) in [5, 5.41) is 14.2. The molecule has 0 saturated heterocycles. The third-order valence-corrected chi connectivity index (χ3v) is 3.55. The van der Waals surface area contributed by atoms with Gasteiger partial charge in [-0.1, -0.05) is 18.2 Å². The number of nitrogens with zero attached hydrogens (tertiary/aromatic N) is 2. The molecule has 0 amide bonds. The zero-order valence-corrected chi connectivity index (χ0v) is 11.7. The smallest absolute Gasteiger partial charge is 0.272 e. The van der Waals surface area contributed by atoms with Gasteiger partial charge in [-0.3, -0.25) is 10.1 Å². The molecule has 0 fully saturated rings. The Balaban J connectivity index is 2.14. The molecule has 2 aromatic rings. The fourth-order valence-electron chi connectivity index (χ4n) is 2.31. The standard InChI is InChI=1S/C15H19N3O2/c1-12(16-2)14-8-5-10-17(14)11-9-13-6-3-4-7-15(13)18(19)20/h3-8,10,12,16H,9,11H2,1-2H3. The lowest BCUT2D eigenvalue weighted by molar-refractivity contribution is -0.385. The number of nitrogens with one attached hydrogen (secondary N) is 1. The summed E-state index contributed by atoms with van der Waals surface area (Å²) >= 11 is 0. The van der Waals surface area contributed by atoms with Gasteiger partial charge in [-0.15, -0.1) is 0 Å². The van der Waals surface area contributed by atoms with E-state index < -0.39 is 0 Å². The van der Waals surface area contributed by atoms with Crippen LogP contribution in [0.25, 0.3) is 0 Å². The maximum atomic E-state index is 11.0. The fraction of sp³-hybridized carbons (Fsp3) is 0.333. The van der Waals surface area contributed by atoms with Crippen molar-refractivity contribution in [3.8, 4) is 0 Å². The average Bonchev–Trinajstić information content (AvgIpc) is 2.92. The lowest BCUT2D eigenvalue weighted by Crippen LogP contribution is -2.17. The van der Waals surface area contributed by atoms with E-state index in [1.807, 2.05) is 31.4 Å². The van der Waals surface area contributed by atoms with E-state index in [9.17, 15) is 10.1 Å². The van der Waals surface area contributed by atoms with Crippen molar-refractivity contribution in [2.24, 2.45) is 0 Å². The molecule has 1 atom stereocenters. The van der Waals surface area contributed by atoms with Crippen LogP contribution in [-0.4, -0.2) is 16.5 Å². The van der Waals surface area contributed by atoms with Gasteiger partial charge in [-0.05, 0) is 32.5 Å². The van der Waals surface area contributed by atoms with Gasteiger partial charge in [0, 0.05) is 36.1 Å². The zero-order valence-electron chi connectivity index (χ0n) is 11.7. The van der Waals surface area contributed by atoms with Crippen LogP contribution in [0.3, 0.4) is 0 Å². The fourth-order valence-corrected chi connectivity index (χ4v) is 2.31. The van der Waals surface area contributed by atoms with Crippen LogP contribution >= 0.6 is 0 Å². The van der Waals surface area contributed by atoms with Crippen LogP contribution in [0.5, 0.6) is 0 Å². The van der Waals surface area contributed by atoms with Crippen LogP contribution in [0, 0.1) is 10.1 Å². The van der Waals surface area contributed by atoms with E-state index in [0.717, 1.165) is 12.1 Å². The van der Waals surface area contributed by atoms with Gasteiger partial charge < -0.3 is 9.88 Å². The molecular formula is C15H19N3O2. The predicted molar refractivity (Wildman–Crippen MR) is 78.7 cm³/mol. The van der Waals surface area contributed by atoms with Gasteiger partial charge in [0.2, 0.25) is 0 Å². The van der Waals surface area contributed by atoms with Crippen LogP contribution in [0.15, 0.2) is 42.6 Å². The summed E-state index contributed by atoms with van der Waals surface area (Å²) in [7, 11) is 1.92. The predicted octanol–water partition coefficient (Wildman–Crippen LogP) is 2.92. The minimum absolute atomic E-state index is 0.197. The van der Waals surface area contributed by atoms with Crippen LogP contribution in [0.1, 0.15) is 24.2 Å². The quantitative estimate of drug-likeness (QED) is 0.650. The summed E-state index contributed by atoms with van der Waals surface area (Å²) in [5.74, 6) is 0. The molecule has 1 unspecified atom stereocenters. The number of rotatable bonds is 6. The summed E-state index contributed by atoms with van der Waals surface area (Å²) in [5.41, 5.74) is 2.16. The molecule has 1 N–H and O–H groups in total. The van der Waals surface area contributed by atoms with Gasteiger partial charge in [0.1, 0.15) is 0 Å². The highest BCUT2D eigenvalue weighted by Gasteiger charge is 2.13. The van der Waals surface area contributed by atoms with Crippen LogP contribution in [-0.2, 0) is 13.0 Å². The normalized spacial score (nSPS) is 12.3. The molecule has 1 heterocycles. The van der Waals surface area contributed by atoms with Crippen molar-refractivity contribution in [1.29, 1.82) is 0 Å². The highest BCUT2D eigenvalue weighted by atomic mass is 16.6. The van der Waals surface area contributed by atoms with E-state index in [1.54, 1.807) is 12.1 Å². The van der Waals surface area contributed by atoms with Crippen molar-refractivity contribution >= 4 is 5.69 Å². The van der Waals surface area contributed by atoms with E-state index in [-0.39, 0.29) is 16.7 Å². The number of nitro groups is 1. The Morgan fingerprint density at radius 1 is 1.30 bits per heavy atom. The Labute approximate surface area is 118 Å². The van der Waals surface area contributed by atoms with Crippen molar-refractivity contribution in [3.63, 3.8) is 0 Å². The molecule has 0 saturated carbocycles. The number of hydrogen-bond donors (Lipinski definition) is 1. The second-order valence-corrected chi connectivity index (χ2v) is 4.77. The molecule has 0 aliphatic heterocycles. The van der Waals surface area contributed by atoms with E-state index in [2.05, 4.69) is 22.9 Å². The van der Waals surface area contributed by atoms with Crippen molar-refractivity contribution in [2.45, 2.75) is 25.9 Å². The maximum Gasteiger partial charge on any atom is 0.272 e. The Kier molecular flexibility index (Phi) is 4.53. The molecule has 2 rings (SSSR count). The molecule has 0 radical (unpaired) electrons. The van der Waals surface area contributed by atoms with Gasteiger partial charge in [0.25, 0.3) is 5.69 Å². The number of para-hydroxylation sites is 1. The van der Waals surface area contributed by atoms with Crippen LogP contribution in [0.2, 0.25) is 0 Å². The second kappa shape index (κ2) is 6.34.